The third kappa shape index (κ3) is 3.22. The van der Waals surface area contributed by atoms with E-state index in [1.165, 1.54) is 16.7 Å². The summed E-state index contributed by atoms with van der Waals surface area (Å²) in [7, 11) is 0. The first-order valence-electron chi connectivity index (χ1n) is 7.67. The van der Waals surface area contributed by atoms with E-state index in [1.54, 1.807) is 0 Å². The lowest BCUT2D eigenvalue weighted by Gasteiger charge is -2.28. The number of carbonyl (C=O) groups is 1. The molecule has 0 unspecified atom stereocenters. The number of Topliss-reactive ketones (excluding diaryl/α,β-unsaturated/α-hetero) is 1. The highest BCUT2D eigenvalue weighted by atomic mass is 16.1. The second-order valence-electron chi connectivity index (χ2n) is 5.70. The van der Waals surface area contributed by atoms with Crippen molar-refractivity contribution >= 4 is 5.78 Å². The third-order valence-electron chi connectivity index (χ3n) is 4.26. The Morgan fingerprint density at radius 1 is 1.05 bits per heavy atom. The maximum Gasteiger partial charge on any atom is 0.176 e. The number of rotatable bonds is 4. The van der Waals surface area contributed by atoms with Gasteiger partial charge in [-0.2, -0.15) is 0 Å². The van der Waals surface area contributed by atoms with Crippen LogP contribution in [0.15, 0.2) is 48.5 Å². The van der Waals surface area contributed by atoms with Crippen LogP contribution < -0.4 is 0 Å². The SMILES string of the molecule is CCc1ccc(C(=O)CN2CCc3ccccc3C2)cc1. The van der Waals surface area contributed by atoms with Crippen LogP contribution in [0.2, 0.25) is 0 Å². The molecule has 2 heteroatoms. The minimum Gasteiger partial charge on any atom is -0.293 e. The van der Waals surface area contributed by atoms with Gasteiger partial charge in [0.25, 0.3) is 0 Å². The van der Waals surface area contributed by atoms with E-state index in [0.29, 0.717) is 6.54 Å². The smallest absolute Gasteiger partial charge is 0.176 e. The molecule has 0 saturated heterocycles. The first-order valence-corrected chi connectivity index (χ1v) is 7.67. The molecular weight excluding hydrogens is 258 g/mol. The van der Waals surface area contributed by atoms with Crippen LogP contribution in [0.4, 0.5) is 0 Å². The molecular formula is C19H21NO. The van der Waals surface area contributed by atoms with E-state index < -0.39 is 0 Å². The van der Waals surface area contributed by atoms with Gasteiger partial charge in [0.2, 0.25) is 0 Å². The monoisotopic (exact) mass is 279 g/mol. The van der Waals surface area contributed by atoms with Gasteiger partial charge in [-0.05, 0) is 29.5 Å². The van der Waals surface area contributed by atoms with Crippen molar-refractivity contribution in [2.75, 3.05) is 13.1 Å². The Morgan fingerprint density at radius 2 is 1.76 bits per heavy atom. The van der Waals surface area contributed by atoms with Gasteiger partial charge in [-0.3, -0.25) is 9.69 Å². The van der Waals surface area contributed by atoms with Crippen LogP contribution in [0.5, 0.6) is 0 Å². The summed E-state index contributed by atoms with van der Waals surface area (Å²) in [6.07, 6.45) is 2.05. The molecule has 0 bridgehead atoms. The molecule has 0 aromatic heterocycles. The summed E-state index contributed by atoms with van der Waals surface area (Å²) < 4.78 is 0. The predicted molar refractivity (Wildman–Crippen MR) is 85.6 cm³/mol. The van der Waals surface area contributed by atoms with Gasteiger partial charge in [-0.1, -0.05) is 55.5 Å². The number of hydrogen-bond acceptors (Lipinski definition) is 2. The molecule has 0 fully saturated rings. The average molecular weight is 279 g/mol. The summed E-state index contributed by atoms with van der Waals surface area (Å²) >= 11 is 0. The van der Waals surface area contributed by atoms with Crippen LogP contribution in [0.25, 0.3) is 0 Å². The van der Waals surface area contributed by atoms with Gasteiger partial charge in [0, 0.05) is 18.7 Å². The van der Waals surface area contributed by atoms with Crippen molar-refractivity contribution in [3.63, 3.8) is 0 Å². The number of ketones is 1. The van der Waals surface area contributed by atoms with Crippen LogP contribution >= 0.6 is 0 Å². The highest BCUT2D eigenvalue weighted by molar-refractivity contribution is 5.97. The number of aryl methyl sites for hydroxylation is 1. The Kier molecular flexibility index (Phi) is 4.16. The van der Waals surface area contributed by atoms with Crippen molar-refractivity contribution in [1.82, 2.24) is 4.90 Å². The Morgan fingerprint density at radius 3 is 2.48 bits per heavy atom. The number of hydrogen-bond donors (Lipinski definition) is 0. The van der Waals surface area contributed by atoms with Crippen LogP contribution in [-0.2, 0) is 19.4 Å². The molecule has 108 valence electrons. The number of nitrogens with zero attached hydrogens (tertiary/aromatic N) is 1. The third-order valence-corrected chi connectivity index (χ3v) is 4.26. The molecule has 1 heterocycles. The van der Waals surface area contributed by atoms with Crippen LogP contribution in [0.1, 0.15) is 34.0 Å². The highest BCUT2D eigenvalue weighted by Gasteiger charge is 2.18. The predicted octanol–water partition coefficient (Wildman–Crippen LogP) is 3.49. The van der Waals surface area contributed by atoms with Crippen molar-refractivity contribution in [3.05, 3.63) is 70.8 Å². The normalized spacial score (nSPS) is 14.7. The molecule has 0 saturated carbocycles. The van der Waals surface area contributed by atoms with Crippen molar-refractivity contribution in [2.45, 2.75) is 26.3 Å². The van der Waals surface area contributed by atoms with Crippen molar-refractivity contribution in [3.8, 4) is 0 Å². The van der Waals surface area contributed by atoms with E-state index in [2.05, 4.69) is 48.2 Å². The van der Waals surface area contributed by atoms with Crippen molar-refractivity contribution in [2.24, 2.45) is 0 Å². The van der Waals surface area contributed by atoms with Crippen LogP contribution in [0, 0.1) is 0 Å². The minimum atomic E-state index is 0.219. The fraction of sp³-hybridized carbons (Fsp3) is 0.316. The topological polar surface area (TPSA) is 20.3 Å². The molecule has 2 aromatic carbocycles. The molecule has 0 N–H and O–H groups in total. The summed E-state index contributed by atoms with van der Waals surface area (Å²) in [6.45, 7) is 4.49. The Bertz CT molecular complexity index is 630. The van der Waals surface area contributed by atoms with E-state index >= 15 is 0 Å². The van der Waals surface area contributed by atoms with Crippen LogP contribution in [-0.4, -0.2) is 23.8 Å². The molecule has 0 spiro atoms. The summed E-state index contributed by atoms with van der Waals surface area (Å²) in [4.78, 5) is 14.6. The van der Waals surface area contributed by atoms with Gasteiger partial charge in [0.1, 0.15) is 0 Å². The van der Waals surface area contributed by atoms with Gasteiger partial charge in [-0.25, -0.2) is 0 Å². The summed E-state index contributed by atoms with van der Waals surface area (Å²) in [5.74, 6) is 0.219. The summed E-state index contributed by atoms with van der Waals surface area (Å²) in [6, 6.07) is 16.6. The fourth-order valence-corrected chi connectivity index (χ4v) is 2.91. The average Bonchev–Trinajstić information content (AvgIpc) is 2.55. The minimum absolute atomic E-state index is 0.219. The lowest BCUT2D eigenvalue weighted by atomic mass is 9.99. The Hall–Kier alpha value is -1.93. The zero-order valence-electron chi connectivity index (χ0n) is 12.5. The lowest BCUT2D eigenvalue weighted by molar-refractivity contribution is 0.0921. The zero-order valence-corrected chi connectivity index (χ0v) is 12.5. The van der Waals surface area contributed by atoms with E-state index in [9.17, 15) is 4.79 Å². The van der Waals surface area contributed by atoms with Gasteiger partial charge in [0.15, 0.2) is 5.78 Å². The molecule has 21 heavy (non-hydrogen) atoms. The number of fused-ring (bicyclic) bond motifs is 1. The Labute approximate surface area is 126 Å². The van der Waals surface area contributed by atoms with Crippen molar-refractivity contribution < 1.29 is 4.79 Å². The van der Waals surface area contributed by atoms with Gasteiger partial charge in [-0.15, -0.1) is 0 Å². The first-order chi connectivity index (χ1) is 10.3. The molecule has 0 radical (unpaired) electrons. The van der Waals surface area contributed by atoms with Crippen molar-refractivity contribution in [1.29, 1.82) is 0 Å². The van der Waals surface area contributed by atoms with Gasteiger partial charge >= 0.3 is 0 Å². The number of benzene rings is 2. The van der Waals surface area contributed by atoms with Gasteiger partial charge in [0.05, 0.1) is 6.54 Å². The fourth-order valence-electron chi connectivity index (χ4n) is 2.91. The number of carbonyl (C=O) groups excluding carboxylic acids is 1. The molecule has 2 aromatic rings. The van der Waals surface area contributed by atoms with E-state index in [0.717, 1.165) is 31.5 Å². The van der Waals surface area contributed by atoms with Gasteiger partial charge < -0.3 is 0 Å². The molecule has 0 aliphatic carbocycles. The molecule has 0 atom stereocenters. The molecule has 2 nitrogen and oxygen atoms in total. The Balaban J connectivity index is 1.65. The second-order valence-corrected chi connectivity index (χ2v) is 5.70. The zero-order chi connectivity index (χ0) is 14.7. The van der Waals surface area contributed by atoms with E-state index in [1.807, 2.05) is 12.1 Å². The summed E-state index contributed by atoms with van der Waals surface area (Å²) in [5.41, 5.74) is 4.89. The quantitative estimate of drug-likeness (QED) is 0.799. The largest absolute Gasteiger partial charge is 0.293 e. The lowest BCUT2D eigenvalue weighted by Crippen LogP contribution is -2.34. The first kappa shape index (κ1) is 14.0. The highest BCUT2D eigenvalue weighted by Crippen LogP contribution is 2.18. The molecule has 1 aliphatic heterocycles. The molecule has 3 rings (SSSR count). The molecule has 0 amide bonds. The molecule has 1 aliphatic rings. The second kappa shape index (κ2) is 6.23. The van der Waals surface area contributed by atoms with E-state index in [-0.39, 0.29) is 5.78 Å². The standard InChI is InChI=1S/C19H21NO/c1-2-15-7-9-17(10-8-15)19(21)14-20-12-11-16-5-3-4-6-18(16)13-20/h3-10H,2,11-14H2,1H3. The van der Waals surface area contributed by atoms with Crippen LogP contribution in [0.3, 0.4) is 0 Å². The maximum absolute atomic E-state index is 12.4. The summed E-state index contributed by atoms with van der Waals surface area (Å²) in [5, 5.41) is 0. The maximum atomic E-state index is 12.4. The van der Waals surface area contributed by atoms with E-state index in [4.69, 9.17) is 0 Å².